The Bertz CT molecular complexity index is 1990. The molecule has 0 spiro atoms. The van der Waals surface area contributed by atoms with Gasteiger partial charge in [-0.15, -0.1) is 0 Å². The highest BCUT2D eigenvalue weighted by molar-refractivity contribution is 6.39. The molecular formula is C35H23Cl3N2O5. The molecule has 1 saturated heterocycles. The zero-order valence-corrected chi connectivity index (χ0v) is 25.7. The molecule has 1 N–H and O–H groups in total. The van der Waals surface area contributed by atoms with Crippen molar-refractivity contribution in [3.05, 3.63) is 140 Å². The number of carbonyl (C=O) groups is 3. The number of fused-ring (bicyclic) bond motifs is 1. The number of anilines is 1. The van der Waals surface area contributed by atoms with Gasteiger partial charge >= 0.3 is 6.03 Å². The molecule has 0 atom stereocenters. The van der Waals surface area contributed by atoms with Crippen LogP contribution in [0.2, 0.25) is 15.1 Å². The summed E-state index contributed by atoms with van der Waals surface area (Å²) in [5, 5.41) is 5.50. The van der Waals surface area contributed by atoms with Gasteiger partial charge in [0.2, 0.25) is 0 Å². The zero-order chi connectivity index (χ0) is 31.5. The van der Waals surface area contributed by atoms with Gasteiger partial charge in [0.1, 0.15) is 30.3 Å². The maximum Gasteiger partial charge on any atom is 0.335 e. The molecule has 1 fully saturated rings. The molecule has 1 aliphatic heterocycles. The van der Waals surface area contributed by atoms with E-state index in [2.05, 4.69) is 5.32 Å². The van der Waals surface area contributed by atoms with Crippen LogP contribution in [0.5, 0.6) is 11.5 Å². The highest BCUT2D eigenvalue weighted by Crippen LogP contribution is 2.33. The minimum absolute atomic E-state index is 0.187. The number of hydrogen-bond acceptors (Lipinski definition) is 5. The molecule has 10 heteroatoms. The maximum atomic E-state index is 13.7. The Morgan fingerprint density at radius 1 is 0.733 bits per heavy atom. The lowest BCUT2D eigenvalue weighted by Crippen LogP contribution is -2.54. The van der Waals surface area contributed by atoms with E-state index in [9.17, 15) is 14.4 Å². The van der Waals surface area contributed by atoms with Crippen molar-refractivity contribution in [1.82, 2.24) is 5.32 Å². The smallest absolute Gasteiger partial charge is 0.335 e. The summed E-state index contributed by atoms with van der Waals surface area (Å²) >= 11 is 18.3. The minimum atomic E-state index is -0.862. The normalized spacial score (nSPS) is 14.2. The van der Waals surface area contributed by atoms with E-state index in [0.717, 1.165) is 26.8 Å². The number of urea groups is 1. The van der Waals surface area contributed by atoms with E-state index >= 15 is 0 Å². The van der Waals surface area contributed by atoms with Gasteiger partial charge < -0.3 is 9.47 Å². The molecule has 45 heavy (non-hydrogen) atoms. The van der Waals surface area contributed by atoms with Gasteiger partial charge in [0.25, 0.3) is 11.8 Å². The Morgan fingerprint density at radius 3 is 2.29 bits per heavy atom. The number of imide groups is 2. The number of ether oxygens (including phenoxy) is 2. The van der Waals surface area contributed by atoms with Crippen molar-refractivity contribution >= 4 is 75.2 Å². The average Bonchev–Trinajstić information content (AvgIpc) is 3.02. The third-order valence-corrected chi connectivity index (χ3v) is 7.93. The summed E-state index contributed by atoms with van der Waals surface area (Å²) in [6, 6.07) is 29.1. The van der Waals surface area contributed by atoms with Gasteiger partial charge in [0.05, 0.1) is 5.69 Å². The highest BCUT2D eigenvalue weighted by atomic mass is 35.5. The van der Waals surface area contributed by atoms with E-state index in [1.807, 2.05) is 42.5 Å². The van der Waals surface area contributed by atoms with E-state index in [0.29, 0.717) is 32.1 Å². The van der Waals surface area contributed by atoms with Crippen LogP contribution in [0, 0.1) is 0 Å². The Kier molecular flexibility index (Phi) is 8.76. The topological polar surface area (TPSA) is 84.9 Å². The van der Waals surface area contributed by atoms with Crippen molar-refractivity contribution in [3.63, 3.8) is 0 Å². The molecule has 0 unspecified atom stereocenters. The first-order valence-electron chi connectivity index (χ1n) is 13.7. The third kappa shape index (κ3) is 6.66. The zero-order valence-electron chi connectivity index (χ0n) is 23.4. The number of rotatable bonds is 8. The number of carbonyl (C=O) groups excluding carboxylic acids is 3. The van der Waals surface area contributed by atoms with Crippen molar-refractivity contribution < 1.29 is 23.9 Å². The minimum Gasteiger partial charge on any atom is -0.489 e. The quantitative estimate of drug-likeness (QED) is 0.133. The van der Waals surface area contributed by atoms with Gasteiger partial charge in [0.15, 0.2) is 0 Å². The van der Waals surface area contributed by atoms with Crippen molar-refractivity contribution in [2.45, 2.75) is 13.2 Å². The van der Waals surface area contributed by atoms with E-state index in [4.69, 9.17) is 44.3 Å². The van der Waals surface area contributed by atoms with Gasteiger partial charge in [-0.25, -0.2) is 9.69 Å². The Labute approximate surface area is 273 Å². The highest BCUT2D eigenvalue weighted by Gasteiger charge is 2.37. The number of hydrogen-bond donors (Lipinski definition) is 1. The average molecular weight is 658 g/mol. The van der Waals surface area contributed by atoms with Crippen LogP contribution in [-0.2, 0) is 22.8 Å². The summed E-state index contributed by atoms with van der Waals surface area (Å²) in [7, 11) is 0. The lowest BCUT2D eigenvalue weighted by Gasteiger charge is -2.26. The molecule has 6 rings (SSSR count). The molecule has 7 nitrogen and oxygen atoms in total. The van der Waals surface area contributed by atoms with Gasteiger partial charge in [0, 0.05) is 26.2 Å². The van der Waals surface area contributed by atoms with Gasteiger partial charge in [-0.05, 0) is 77.0 Å². The number of nitrogens with one attached hydrogen (secondary N) is 1. The first kappa shape index (κ1) is 30.2. The van der Waals surface area contributed by atoms with Crippen LogP contribution in [0.4, 0.5) is 10.5 Å². The second-order valence-corrected chi connectivity index (χ2v) is 11.4. The molecule has 0 radical (unpaired) electrons. The van der Waals surface area contributed by atoms with Crippen molar-refractivity contribution in [2.75, 3.05) is 4.90 Å². The summed E-state index contributed by atoms with van der Waals surface area (Å²) in [6.07, 6.45) is 1.46. The molecule has 1 heterocycles. The summed E-state index contributed by atoms with van der Waals surface area (Å²) in [5.41, 5.74) is 2.14. The van der Waals surface area contributed by atoms with E-state index in [1.165, 1.54) is 6.08 Å². The second-order valence-electron chi connectivity index (χ2n) is 10.1. The van der Waals surface area contributed by atoms with Crippen LogP contribution < -0.4 is 19.7 Å². The van der Waals surface area contributed by atoms with Crippen LogP contribution in [0.25, 0.3) is 16.8 Å². The number of nitrogens with zero attached hydrogens (tertiary/aromatic N) is 1. The fourth-order valence-corrected chi connectivity index (χ4v) is 5.54. The fraction of sp³-hybridized carbons (Fsp3) is 0.0571. The molecule has 4 amide bonds. The van der Waals surface area contributed by atoms with Crippen molar-refractivity contribution in [3.8, 4) is 11.5 Å². The first-order valence-corrected chi connectivity index (χ1v) is 14.9. The van der Waals surface area contributed by atoms with Crippen LogP contribution in [-0.4, -0.2) is 17.8 Å². The molecule has 5 aromatic rings. The number of benzene rings is 5. The van der Waals surface area contributed by atoms with Gasteiger partial charge in [-0.2, -0.15) is 0 Å². The van der Waals surface area contributed by atoms with Crippen molar-refractivity contribution in [2.24, 2.45) is 0 Å². The largest absolute Gasteiger partial charge is 0.489 e. The summed E-state index contributed by atoms with van der Waals surface area (Å²) in [5.74, 6) is -0.653. The molecule has 0 aliphatic carbocycles. The molecule has 1 aliphatic rings. The van der Waals surface area contributed by atoms with E-state index < -0.39 is 17.8 Å². The van der Waals surface area contributed by atoms with Gasteiger partial charge in [-0.1, -0.05) is 83.3 Å². The van der Waals surface area contributed by atoms with E-state index in [1.54, 1.807) is 60.7 Å². The summed E-state index contributed by atoms with van der Waals surface area (Å²) in [4.78, 5) is 40.6. The predicted molar refractivity (Wildman–Crippen MR) is 176 cm³/mol. The first-order chi connectivity index (χ1) is 21.8. The third-order valence-electron chi connectivity index (χ3n) is 7.11. The molecular weight excluding hydrogens is 635 g/mol. The Balaban J connectivity index is 1.28. The van der Waals surface area contributed by atoms with Gasteiger partial charge in [-0.3, -0.25) is 14.9 Å². The molecule has 224 valence electrons. The predicted octanol–water partition coefficient (Wildman–Crippen LogP) is 8.62. The lowest BCUT2D eigenvalue weighted by atomic mass is 9.99. The summed E-state index contributed by atoms with van der Waals surface area (Å²) in [6.45, 7) is 0.394. The maximum absolute atomic E-state index is 13.7. The van der Waals surface area contributed by atoms with Crippen LogP contribution in [0.3, 0.4) is 0 Å². The lowest BCUT2D eigenvalue weighted by molar-refractivity contribution is -0.122. The molecule has 0 aromatic heterocycles. The van der Waals surface area contributed by atoms with E-state index in [-0.39, 0.29) is 24.5 Å². The number of barbiturate groups is 1. The summed E-state index contributed by atoms with van der Waals surface area (Å²) < 4.78 is 12.0. The molecule has 5 aromatic carbocycles. The standard InChI is InChI=1S/C35H23Cl3N2O5/c36-24-6-3-4-21(16-24)19-45-32-15-9-22-5-1-2-7-28(22)29(32)18-30-33(41)39-35(43)40(34(30)42)26-11-13-27(14-12-26)44-20-23-8-10-25(37)17-31(23)38/h1-18H,19-20H2,(H,39,41,43)/b30-18+. The SMILES string of the molecule is O=C1NC(=O)N(c2ccc(OCc3ccc(Cl)cc3Cl)cc2)C(=O)/C1=C/c1c(OCc2cccc(Cl)c2)ccc2ccccc12. The second kappa shape index (κ2) is 13.0. The number of amides is 4. The Morgan fingerprint density at radius 2 is 1.51 bits per heavy atom. The van der Waals surface area contributed by atoms with Crippen LogP contribution in [0.1, 0.15) is 16.7 Å². The number of halogens is 3. The molecule has 0 bridgehead atoms. The van der Waals surface area contributed by atoms with Crippen molar-refractivity contribution in [1.29, 1.82) is 0 Å². The van der Waals surface area contributed by atoms with Crippen LogP contribution in [0.15, 0.2) is 109 Å². The molecule has 0 saturated carbocycles. The fourth-order valence-electron chi connectivity index (χ4n) is 4.87. The monoisotopic (exact) mass is 656 g/mol. The Hall–Kier alpha value is -4.82. The van der Waals surface area contributed by atoms with Crippen LogP contribution >= 0.6 is 34.8 Å².